The zero-order valence-corrected chi connectivity index (χ0v) is 22.1. The van der Waals surface area contributed by atoms with Crippen molar-refractivity contribution in [2.45, 2.75) is 30.7 Å². The number of carbonyl (C=O) groups is 1. The summed E-state index contributed by atoms with van der Waals surface area (Å²) in [6.07, 6.45) is -6.11. The zero-order valence-electron chi connectivity index (χ0n) is 22.1. The summed E-state index contributed by atoms with van der Waals surface area (Å²) in [7, 11) is 0. The Bertz CT molecular complexity index is 1710. The van der Waals surface area contributed by atoms with Crippen molar-refractivity contribution in [3.05, 3.63) is 82.5 Å². The second-order valence-corrected chi connectivity index (χ2v) is 9.63. The van der Waals surface area contributed by atoms with Crippen LogP contribution in [-0.2, 0) is 14.3 Å². The average Bonchev–Trinajstić information content (AvgIpc) is 2.97. The van der Waals surface area contributed by atoms with Gasteiger partial charge in [-0.05, 0) is 48.0 Å². The lowest BCUT2D eigenvalue weighted by atomic mass is 9.99. The fourth-order valence-electron chi connectivity index (χ4n) is 4.51. The van der Waals surface area contributed by atoms with Crippen molar-refractivity contribution in [3.8, 4) is 40.1 Å². The SMILES string of the molecule is O=C(/C=C\c1ccc(O)cc1)O[C@H]1[C@H](O)[C@@H](O)[C@H](Oc2c(-c3ccc(O)cc3)oc3cc(O)cc(O)c3c2=O)O[C@@H]1CO. The quantitative estimate of drug-likeness (QED) is 0.120. The van der Waals surface area contributed by atoms with Gasteiger partial charge in [0.1, 0.15) is 52.3 Å². The molecule has 3 aromatic carbocycles. The highest BCUT2D eigenvalue weighted by Crippen LogP contribution is 2.37. The molecule has 13 nitrogen and oxygen atoms in total. The maximum Gasteiger partial charge on any atom is 0.331 e. The van der Waals surface area contributed by atoms with Crippen molar-refractivity contribution < 1.29 is 59.2 Å². The van der Waals surface area contributed by atoms with Gasteiger partial charge in [0.25, 0.3) is 0 Å². The molecule has 1 aromatic heterocycles. The third-order valence-electron chi connectivity index (χ3n) is 6.66. The molecule has 4 aromatic rings. The summed E-state index contributed by atoms with van der Waals surface area (Å²) in [5.41, 5.74) is -0.363. The summed E-state index contributed by atoms with van der Waals surface area (Å²) in [4.78, 5) is 26.0. The number of rotatable bonds is 7. The number of phenolic OH excluding ortho intramolecular Hbond substituents is 4. The van der Waals surface area contributed by atoms with Gasteiger partial charge in [-0.2, -0.15) is 0 Å². The standard InChI is InChI=1S/C30H26O13/c31-13-21-28(42-22(36)10-3-14-1-6-16(32)7-2-14)25(38)26(39)30(41-21)43-29-24(37)23-19(35)11-18(34)12-20(23)40-27(29)15-4-8-17(33)9-5-15/h1-12,21,25-26,28,30-35,38-39H,13H2/b10-3-/t21-,25-,26-,28-,30+/m1/s1. The lowest BCUT2D eigenvalue weighted by molar-refractivity contribution is -0.280. The van der Waals surface area contributed by atoms with Gasteiger partial charge in [0.05, 0.1) is 6.61 Å². The van der Waals surface area contributed by atoms with E-state index in [0.29, 0.717) is 5.56 Å². The van der Waals surface area contributed by atoms with Crippen LogP contribution in [0.2, 0.25) is 0 Å². The molecule has 0 spiro atoms. The van der Waals surface area contributed by atoms with E-state index in [4.69, 9.17) is 18.6 Å². The van der Waals surface area contributed by atoms with Crippen LogP contribution in [0.5, 0.6) is 28.7 Å². The number of benzene rings is 3. The van der Waals surface area contributed by atoms with Crippen molar-refractivity contribution in [1.82, 2.24) is 0 Å². The number of fused-ring (bicyclic) bond motifs is 1. The predicted molar refractivity (Wildman–Crippen MR) is 148 cm³/mol. The first-order valence-electron chi connectivity index (χ1n) is 12.8. The number of esters is 1. The molecular formula is C30H26O13. The molecule has 7 N–H and O–H groups in total. The number of aromatic hydroxyl groups is 4. The first kappa shape index (κ1) is 29.4. The highest BCUT2D eigenvalue weighted by molar-refractivity contribution is 5.88. The van der Waals surface area contributed by atoms with E-state index in [-0.39, 0.29) is 33.8 Å². The van der Waals surface area contributed by atoms with Crippen LogP contribution in [0.4, 0.5) is 0 Å². The Kier molecular flexibility index (Phi) is 8.23. The summed E-state index contributed by atoms with van der Waals surface area (Å²) < 4.78 is 22.4. The predicted octanol–water partition coefficient (Wildman–Crippen LogP) is 1.73. The Morgan fingerprint density at radius 2 is 1.53 bits per heavy atom. The molecule has 1 saturated heterocycles. The summed E-state index contributed by atoms with van der Waals surface area (Å²) in [5, 5.41) is 70.6. The first-order chi connectivity index (χ1) is 20.5. The first-order valence-corrected chi connectivity index (χ1v) is 12.8. The minimum absolute atomic E-state index is 0.0338. The molecule has 0 aliphatic carbocycles. The van der Waals surface area contributed by atoms with Gasteiger partial charge >= 0.3 is 5.97 Å². The summed E-state index contributed by atoms with van der Waals surface area (Å²) in [5.74, 6) is -2.82. The van der Waals surface area contributed by atoms with Crippen LogP contribution in [0.3, 0.4) is 0 Å². The molecule has 1 aliphatic rings. The molecule has 224 valence electrons. The third kappa shape index (κ3) is 6.10. The molecule has 1 aliphatic heterocycles. The lowest BCUT2D eigenvalue weighted by Crippen LogP contribution is -2.61. The number of aliphatic hydroxyl groups excluding tert-OH is 3. The molecule has 5 rings (SSSR count). The molecule has 0 unspecified atom stereocenters. The van der Waals surface area contributed by atoms with E-state index >= 15 is 0 Å². The fraction of sp³-hybridized carbons (Fsp3) is 0.200. The maximum absolute atomic E-state index is 13.5. The van der Waals surface area contributed by atoms with E-state index in [0.717, 1.165) is 18.2 Å². The van der Waals surface area contributed by atoms with Gasteiger partial charge in [-0.1, -0.05) is 12.1 Å². The van der Waals surface area contributed by atoms with Gasteiger partial charge in [0, 0.05) is 23.8 Å². The molecule has 1 fully saturated rings. The van der Waals surface area contributed by atoms with Gasteiger partial charge in [-0.15, -0.1) is 0 Å². The van der Waals surface area contributed by atoms with Crippen molar-refractivity contribution in [1.29, 1.82) is 0 Å². The molecule has 2 heterocycles. The molecule has 0 saturated carbocycles. The smallest absolute Gasteiger partial charge is 0.331 e. The number of hydrogen-bond donors (Lipinski definition) is 7. The molecule has 0 bridgehead atoms. The molecule has 0 amide bonds. The fourth-order valence-corrected chi connectivity index (χ4v) is 4.51. The van der Waals surface area contributed by atoms with Gasteiger partial charge in [-0.3, -0.25) is 4.79 Å². The summed E-state index contributed by atoms with van der Waals surface area (Å²) in [6.45, 7) is -0.791. The van der Waals surface area contributed by atoms with Crippen molar-refractivity contribution >= 4 is 23.0 Å². The largest absolute Gasteiger partial charge is 0.508 e. The van der Waals surface area contributed by atoms with E-state index in [1.807, 2.05) is 0 Å². The van der Waals surface area contributed by atoms with E-state index in [1.165, 1.54) is 54.6 Å². The summed E-state index contributed by atoms with van der Waals surface area (Å²) in [6, 6.07) is 13.3. The molecular weight excluding hydrogens is 568 g/mol. The Morgan fingerprint density at radius 1 is 0.884 bits per heavy atom. The zero-order chi connectivity index (χ0) is 30.8. The molecule has 43 heavy (non-hydrogen) atoms. The van der Waals surface area contributed by atoms with E-state index in [9.17, 15) is 45.3 Å². The Hall–Kier alpha value is -5.08. The van der Waals surface area contributed by atoms with Crippen LogP contribution in [-0.4, -0.2) is 79.0 Å². The normalized spacial score (nSPS) is 22.1. The van der Waals surface area contributed by atoms with Gasteiger partial charge in [0.15, 0.2) is 11.9 Å². The Morgan fingerprint density at radius 3 is 2.19 bits per heavy atom. The minimum Gasteiger partial charge on any atom is -0.508 e. The topological polar surface area (TPSA) is 217 Å². The van der Waals surface area contributed by atoms with Gasteiger partial charge < -0.3 is 54.4 Å². The van der Waals surface area contributed by atoms with Crippen LogP contribution in [0.15, 0.2) is 76.0 Å². The number of carbonyl (C=O) groups excluding carboxylic acids is 1. The van der Waals surface area contributed by atoms with Gasteiger partial charge in [-0.25, -0.2) is 4.79 Å². The van der Waals surface area contributed by atoms with Crippen LogP contribution in [0.25, 0.3) is 28.4 Å². The second kappa shape index (κ2) is 12.0. The number of ether oxygens (including phenoxy) is 3. The maximum atomic E-state index is 13.5. The van der Waals surface area contributed by atoms with Crippen LogP contribution in [0, 0.1) is 0 Å². The third-order valence-corrected chi connectivity index (χ3v) is 6.66. The molecule has 13 heteroatoms. The number of aliphatic hydroxyl groups is 3. The van der Waals surface area contributed by atoms with E-state index in [1.54, 1.807) is 0 Å². The van der Waals surface area contributed by atoms with Crippen molar-refractivity contribution in [2.75, 3.05) is 6.61 Å². The second-order valence-electron chi connectivity index (χ2n) is 9.63. The molecule has 5 atom stereocenters. The van der Waals surface area contributed by atoms with Crippen LogP contribution >= 0.6 is 0 Å². The highest BCUT2D eigenvalue weighted by atomic mass is 16.7. The molecule has 0 radical (unpaired) electrons. The number of hydrogen-bond acceptors (Lipinski definition) is 13. The van der Waals surface area contributed by atoms with Crippen molar-refractivity contribution in [2.24, 2.45) is 0 Å². The van der Waals surface area contributed by atoms with Gasteiger partial charge in [0.2, 0.25) is 17.5 Å². The summed E-state index contributed by atoms with van der Waals surface area (Å²) >= 11 is 0. The van der Waals surface area contributed by atoms with E-state index < -0.39 is 66.0 Å². The van der Waals surface area contributed by atoms with Crippen molar-refractivity contribution in [3.63, 3.8) is 0 Å². The Balaban J connectivity index is 1.44. The highest BCUT2D eigenvalue weighted by Gasteiger charge is 2.48. The average molecular weight is 595 g/mol. The van der Waals surface area contributed by atoms with Crippen LogP contribution < -0.4 is 10.2 Å². The number of phenols is 4. The van der Waals surface area contributed by atoms with Crippen LogP contribution in [0.1, 0.15) is 5.56 Å². The lowest BCUT2D eigenvalue weighted by Gasteiger charge is -2.41. The monoisotopic (exact) mass is 594 g/mol. The minimum atomic E-state index is -1.92. The van der Waals surface area contributed by atoms with E-state index in [2.05, 4.69) is 0 Å². The Labute approximate surface area is 242 Å².